The van der Waals surface area contributed by atoms with Crippen LogP contribution >= 0.6 is 7.82 Å². The summed E-state index contributed by atoms with van der Waals surface area (Å²) in [6, 6.07) is 25.4. The van der Waals surface area contributed by atoms with Crippen molar-refractivity contribution in [2.45, 2.75) is 69.2 Å². The summed E-state index contributed by atoms with van der Waals surface area (Å²) in [5.41, 5.74) is 3.39. The maximum atomic E-state index is 14.0. The number of aliphatic hydroxyl groups excluding tert-OH is 2. The molecule has 0 aromatic heterocycles. The predicted molar refractivity (Wildman–Crippen MR) is 213 cm³/mol. The summed E-state index contributed by atoms with van der Waals surface area (Å²) in [7, 11) is -1.31. The zero-order valence-electron chi connectivity index (χ0n) is 34.1. The number of rotatable bonds is 15. The highest BCUT2D eigenvalue weighted by Gasteiger charge is 2.56. The first-order valence-corrected chi connectivity index (χ1v) is 21.6. The standard InChI is InChI=1S/C44H47O17P/c1-24-51-21-35-42(59-24)38(45)39(46)44(60-35)61-40-29-17-32-31(53-22-54-32)16-28(29)36(37-30(40)20-52-43(37)47)27-14-33(49-2)41(34(15-27)50-3)55-23-58-62(48,56-18-25-10-6-4-7-11-25)57-19-26-12-8-5-9-13-26/h4-17,24,30,35-40,42,44-46H,18-23H2,1-3H3/t24?,30-,35+,36+,37-,38+,39+,40+,42?,44-/m0/s1. The largest absolute Gasteiger partial charge is 0.493 e. The van der Waals surface area contributed by atoms with E-state index in [1.807, 2.05) is 60.7 Å². The van der Waals surface area contributed by atoms with Crippen LogP contribution in [0.4, 0.5) is 0 Å². The van der Waals surface area contributed by atoms with Gasteiger partial charge >= 0.3 is 13.8 Å². The summed E-state index contributed by atoms with van der Waals surface area (Å²) in [5, 5.41) is 22.4. The summed E-state index contributed by atoms with van der Waals surface area (Å²) < 4.78 is 90.4. The van der Waals surface area contributed by atoms with Crippen molar-refractivity contribution in [2.24, 2.45) is 11.8 Å². The zero-order valence-corrected chi connectivity index (χ0v) is 35.0. The number of cyclic esters (lactones) is 1. The van der Waals surface area contributed by atoms with Crippen LogP contribution < -0.4 is 23.7 Å². The third kappa shape index (κ3) is 8.50. The molecule has 18 heteroatoms. The minimum atomic E-state index is -4.21. The van der Waals surface area contributed by atoms with Crippen molar-refractivity contribution in [2.75, 3.05) is 41.0 Å². The maximum absolute atomic E-state index is 14.0. The van der Waals surface area contributed by atoms with Gasteiger partial charge in [0.05, 0.1) is 52.7 Å². The molecule has 4 heterocycles. The Balaban J connectivity index is 1.00. The van der Waals surface area contributed by atoms with Crippen LogP contribution in [0.25, 0.3) is 0 Å². The number of esters is 1. The van der Waals surface area contributed by atoms with Crippen molar-refractivity contribution >= 4 is 13.8 Å². The molecule has 10 atom stereocenters. The third-order valence-electron chi connectivity index (χ3n) is 11.6. The van der Waals surface area contributed by atoms with Crippen LogP contribution in [0.3, 0.4) is 0 Å². The molecule has 0 saturated carbocycles. The molecular weight excluding hydrogens is 831 g/mol. The lowest BCUT2D eigenvalue weighted by Crippen LogP contribution is -2.63. The number of ether oxygens (including phenoxy) is 10. The topological polar surface area (TPSA) is 195 Å². The van der Waals surface area contributed by atoms with Crippen molar-refractivity contribution in [3.8, 4) is 28.7 Å². The van der Waals surface area contributed by atoms with Crippen molar-refractivity contribution in [1.29, 1.82) is 0 Å². The van der Waals surface area contributed by atoms with E-state index in [0.29, 0.717) is 28.2 Å². The molecule has 4 aliphatic heterocycles. The summed E-state index contributed by atoms with van der Waals surface area (Å²) in [6.45, 7) is 1.11. The summed E-state index contributed by atoms with van der Waals surface area (Å²) in [4.78, 5) is 13.9. The molecule has 0 bridgehead atoms. The Labute approximate surface area is 357 Å². The number of carbonyl (C=O) groups excluding carboxylic acids is 1. The van der Waals surface area contributed by atoms with Crippen LogP contribution in [-0.4, -0.2) is 94.2 Å². The number of hydrogen-bond acceptors (Lipinski definition) is 17. The van der Waals surface area contributed by atoms with Crippen LogP contribution in [0.15, 0.2) is 84.9 Å². The molecule has 9 rings (SSSR count). The summed E-state index contributed by atoms with van der Waals surface area (Å²) in [6.07, 6.45) is -7.15. The Kier molecular flexibility index (Phi) is 12.4. The van der Waals surface area contributed by atoms with E-state index >= 15 is 0 Å². The molecule has 0 spiro atoms. The van der Waals surface area contributed by atoms with Crippen LogP contribution in [0, 0.1) is 11.8 Å². The molecule has 4 aromatic carbocycles. The highest BCUT2D eigenvalue weighted by molar-refractivity contribution is 7.48. The number of methoxy groups -OCH3 is 2. The Bertz CT molecular complexity index is 2190. The molecule has 4 aromatic rings. The van der Waals surface area contributed by atoms with Gasteiger partial charge in [0, 0.05) is 11.8 Å². The zero-order chi connectivity index (χ0) is 43.0. The average molecular weight is 879 g/mol. The molecule has 0 radical (unpaired) electrons. The number of phosphoric acid groups is 1. The molecule has 1 aliphatic carbocycles. The van der Waals surface area contributed by atoms with Crippen molar-refractivity contribution in [3.05, 3.63) is 113 Å². The van der Waals surface area contributed by atoms with E-state index in [1.54, 1.807) is 31.2 Å². The maximum Gasteiger partial charge on any atom is 0.478 e. The predicted octanol–water partition coefficient (Wildman–Crippen LogP) is 5.53. The lowest BCUT2D eigenvalue weighted by atomic mass is 9.66. The molecule has 0 amide bonds. The van der Waals surface area contributed by atoms with Gasteiger partial charge in [0.2, 0.25) is 19.3 Å². The van der Waals surface area contributed by atoms with E-state index < -0.39 is 81.4 Å². The molecule has 17 nitrogen and oxygen atoms in total. The van der Waals surface area contributed by atoms with Gasteiger partial charge in [0.15, 0.2) is 35.6 Å². The number of benzene rings is 4. The number of hydrogen-bond donors (Lipinski definition) is 2. The first-order valence-electron chi connectivity index (χ1n) is 20.2. The fourth-order valence-electron chi connectivity index (χ4n) is 8.58. The highest BCUT2D eigenvalue weighted by atomic mass is 31.2. The van der Waals surface area contributed by atoms with Crippen molar-refractivity contribution < 1.29 is 80.5 Å². The third-order valence-corrected chi connectivity index (χ3v) is 12.9. The molecule has 5 aliphatic rings. The van der Waals surface area contributed by atoms with E-state index in [4.69, 9.17) is 60.9 Å². The van der Waals surface area contributed by atoms with E-state index in [0.717, 1.165) is 11.1 Å². The normalized spacial score (nSPS) is 28.6. The van der Waals surface area contributed by atoms with E-state index in [2.05, 4.69) is 0 Å². The Morgan fingerprint density at radius 2 is 1.39 bits per heavy atom. The molecule has 62 heavy (non-hydrogen) atoms. The van der Waals surface area contributed by atoms with Crippen molar-refractivity contribution in [1.82, 2.24) is 0 Å². The van der Waals surface area contributed by atoms with E-state index in [1.165, 1.54) is 14.2 Å². The van der Waals surface area contributed by atoms with Gasteiger partial charge in [-0.3, -0.25) is 13.8 Å². The van der Waals surface area contributed by atoms with Gasteiger partial charge in [0.25, 0.3) is 0 Å². The van der Waals surface area contributed by atoms with Crippen LogP contribution in [0.5, 0.6) is 28.7 Å². The molecule has 330 valence electrons. The molecule has 2 unspecified atom stereocenters. The second kappa shape index (κ2) is 18.1. The van der Waals surface area contributed by atoms with Gasteiger partial charge in [-0.25, -0.2) is 9.09 Å². The van der Waals surface area contributed by atoms with Gasteiger partial charge in [-0.05, 0) is 59.0 Å². The molecule has 3 fully saturated rings. The second-order valence-electron chi connectivity index (χ2n) is 15.3. The van der Waals surface area contributed by atoms with Gasteiger partial charge < -0.3 is 57.6 Å². The molecule has 2 N–H and O–H groups in total. The minimum Gasteiger partial charge on any atom is -0.493 e. The number of aliphatic hydroxyl groups is 2. The summed E-state index contributed by atoms with van der Waals surface area (Å²) >= 11 is 0. The lowest BCUT2D eigenvalue weighted by molar-refractivity contribution is -0.364. The summed E-state index contributed by atoms with van der Waals surface area (Å²) in [5.74, 6) is -1.08. The SMILES string of the molecule is COc1cc([C@@H]2c3cc4c(cc3[C@@H](O[C@@H]3O[C@@H]5COC(C)OC5[C@H](O)[C@H]3O)[C@H]3COC(=O)[C@H]23)OCO4)cc(OC)c1OCOP(=O)(OCc1ccccc1)OCc1ccccc1. The average Bonchev–Trinajstić information content (AvgIpc) is 3.93. The van der Waals surface area contributed by atoms with E-state index in [-0.39, 0.29) is 50.5 Å². The number of phosphoric ester groups is 1. The Hall–Kier alpha value is -4.78. The quantitative estimate of drug-likeness (QED) is 0.0859. The highest BCUT2D eigenvalue weighted by Crippen LogP contribution is 2.57. The van der Waals surface area contributed by atoms with Crippen LogP contribution in [0.1, 0.15) is 46.8 Å². The fraction of sp³-hybridized carbons (Fsp3) is 0.432. The smallest absolute Gasteiger partial charge is 0.478 e. The van der Waals surface area contributed by atoms with Gasteiger partial charge in [-0.1, -0.05) is 60.7 Å². The van der Waals surface area contributed by atoms with Crippen LogP contribution in [-0.2, 0) is 59.8 Å². The lowest BCUT2D eigenvalue weighted by Gasteiger charge is -2.47. The Morgan fingerprint density at radius 3 is 2.02 bits per heavy atom. The van der Waals surface area contributed by atoms with Gasteiger partial charge in [0.1, 0.15) is 24.4 Å². The fourth-order valence-corrected chi connectivity index (χ4v) is 9.60. The first-order chi connectivity index (χ1) is 30.1. The second-order valence-corrected chi connectivity index (χ2v) is 17.0. The van der Waals surface area contributed by atoms with Gasteiger partial charge in [-0.2, -0.15) is 0 Å². The van der Waals surface area contributed by atoms with Gasteiger partial charge in [-0.15, -0.1) is 0 Å². The number of fused-ring (bicyclic) bond motifs is 4. The molecule has 3 saturated heterocycles. The molecular formula is C44H47O17P. The monoisotopic (exact) mass is 878 g/mol. The first kappa shape index (κ1) is 42.5. The Morgan fingerprint density at radius 1 is 0.758 bits per heavy atom. The van der Waals surface area contributed by atoms with Crippen LogP contribution in [0.2, 0.25) is 0 Å². The number of carbonyl (C=O) groups is 1. The van der Waals surface area contributed by atoms with E-state index in [9.17, 15) is 19.6 Å². The van der Waals surface area contributed by atoms with Crippen molar-refractivity contribution in [3.63, 3.8) is 0 Å². The minimum absolute atomic E-state index is 0.00868.